The normalized spacial score (nSPS) is 30.7. The third-order valence-corrected chi connectivity index (χ3v) is 3.70. The molecular formula is C11H15Cl3N2. The minimum absolute atomic E-state index is 0. The lowest BCUT2D eigenvalue weighted by atomic mass is 9.85. The molecule has 1 N–H and O–H groups in total. The molecule has 1 aromatic rings. The van der Waals surface area contributed by atoms with Crippen LogP contribution in [0, 0.1) is 0 Å². The van der Waals surface area contributed by atoms with E-state index in [9.17, 15) is 0 Å². The molecule has 0 amide bonds. The van der Waals surface area contributed by atoms with Gasteiger partial charge in [-0.3, -0.25) is 0 Å². The average molecular weight is 282 g/mol. The number of halogens is 3. The zero-order valence-corrected chi connectivity index (χ0v) is 11.1. The first-order chi connectivity index (χ1) is 6.83. The molecule has 0 saturated carbocycles. The second-order valence-corrected chi connectivity index (χ2v) is 4.69. The number of fused-ring (bicyclic) bond motifs is 2. The van der Waals surface area contributed by atoms with Crippen LogP contribution in [0.4, 0.5) is 0 Å². The van der Waals surface area contributed by atoms with Gasteiger partial charge in [-0.2, -0.15) is 0 Å². The molecule has 5 heteroatoms. The predicted molar refractivity (Wildman–Crippen MR) is 71.0 cm³/mol. The Labute approximate surface area is 113 Å². The Balaban J connectivity index is 0.000000640. The zero-order chi connectivity index (χ0) is 9.54. The number of rotatable bonds is 1. The van der Waals surface area contributed by atoms with Crippen LogP contribution in [0.25, 0.3) is 0 Å². The van der Waals surface area contributed by atoms with Crippen molar-refractivity contribution in [3.63, 3.8) is 0 Å². The van der Waals surface area contributed by atoms with Gasteiger partial charge in [0.1, 0.15) is 5.15 Å². The van der Waals surface area contributed by atoms with E-state index in [1.165, 1.54) is 24.8 Å². The summed E-state index contributed by atoms with van der Waals surface area (Å²) >= 11 is 5.77. The highest BCUT2D eigenvalue weighted by Crippen LogP contribution is 2.39. The lowest BCUT2D eigenvalue weighted by molar-refractivity contribution is 0.505. The molecule has 3 rings (SSSR count). The lowest BCUT2D eigenvalue weighted by Crippen LogP contribution is -2.21. The van der Waals surface area contributed by atoms with E-state index < -0.39 is 0 Å². The van der Waals surface area contributed by atoms with Crippen LogP contribution >= 0.6 is 36.4 Å². The van der Waals surface area contributed by atoms with Gasteiger partial charge in [0, 0.05) is 24.2 Å². The van der Waals surface area contributed by atoms with Crippen LogP contribution in [0.5, 0.6) is 0 Å². The Morgan fingerprint density at radius 1 is 1.25 bits per heavy atom. The molecule has 2 aliphatic rings. The van der Waals surface area contributed by atoms with E-state index in [2.05, 4.69) is 16.4 Å². The smallest absolute Gasteiger partial charge is 0.129 e. The summed E-state index contributed by atoms with van der Waals surface area (Å²) in [4.78, 5) is 4.14. The third-order valence-electron chi connectivity index (χ3n) is 3.48. The van der Waals surface area contributed by atoms with E-state index in [-0.39, 0.29) is 24.8 Å². The van der Waals surface area contributed by atoms with Crippen LogP contribution in [0.2, 0.25) is 5.15 Å². The first-order valence-electron chi connectivity index (χ1n) is 5.20. The van der Waals surface area contributed by atoms with Gasteiger partial charge in [-0.25, -0.2) is 4.98 Å². The van der Waals surface area contributed by atoms with Crippen molar-refractivity contribution in [2.75, 3.05) is 0 Å². The Kier molecular flexibility index (Phi) is 4.87. The molecule has 90 valence electrons. The van der Waals surface area contributed by atoms with Crippen LogP contribution in [-0.4, -0.2) is 17.1 Å². The summed E-state index contributed by atoms with van der Waals surface area (Å²) in [6.07, 6.45) is 5.86. The van der Waals surface area contributed by atoms with Gasteiger partial charge >= 0.3 is 0 Å². The molecule has 2 saturated heterocycles. The maximum Gasteiger partial charge on any atom is 0.129 e. The number of pyridine rings is 1. The van der Waals surface area contributed by atoms with Gasteiger partial charge in [0.15, 0.2) is 0 Å². The molecule has 3 heterocycles. The van der Waals surface area contributed by atoms with Gasteiger partial charge in [0.2, 0.25) is 0 Å². The largest absolute Gasteiger partial charge is 0.311 e. The Bertz CT molecular complexity index is 342. The molecule has 16 heavy (non-hydrogen) atoms. The monoisotopic (exact) mass is 280 g/mol. The van der Waals surface area contributed by atoms with Crippen LogP contribution < -0.4 is 5.32 Å². The van der Waals surface area contributed by atoms with Gasteiger partial charge in [-0.1, -0.05) is 17.7 Å². The summed E-state index contributed by atoms with van der Waals surface area (Å²) in [5, 5.41) is 4.22. The van der Waals surface area contributed by atoms with Crippen molar-refractivity contribution in [1.29, 1.82) is 0 Å². The van der Waals surface area contributed by atoms with Crippen molar-refractivity contribution in [3.8, 4) is 0 Å². The van der Waals surface area contributed by atoms with E-state index in [4.69, 9.17) is 11.6 Å². The van der Waals surface area contributed by atoms with Gasteiger partial charge in [0.25, 0.3) is 0 Å². The Hall–Kier alpha value is -0.0200. The van der Waals surface area contributed by atoms with Crippen LogP contribution in [-0.2, 0) is 0 Å². The van der Waals surface area contributed by atoms with Gasteiger partial charge in [-0.15, -0.1) is 24.8 Å². The molecule has 1 aromatic heterocycles. The van der Waals surface area contributed by atoms with E-state index in [0.717, 1.165) is 6.04 Å². The average Bonchev–Trinajstić information content (AvgIpc) is 2.80. The maximum atomic E-state index is 5.77. The van der Waals surface area contributed by atoms with Crippen molar-refractivity contribution in [2.45, 2.75) is 37.3 Å². The van der Waals surface area contributed by atoms with E-state index >= 15 is 0 Å². The SMILES string of the molecule is Cl.Cl.Clc1ccc(C2CC3CCC2N3)cn1. The molecule has 2 fully saturated rings. The molecule has 3 unspecified atom stereocenters. The number of nitrogens with zero attached hydrogens (tertiary/aromatic N) is 1. The number of aromatic nitrogens is 1. The molecule has 2 nitrogen and oxygen atoms in total. The first kappa shape index (κ1) is 14.0. The lowest BCUT2D eigenvalue weighted by Gasteiger charge is -2.19. The van der Waals surface area contributed by atoms with Gasteiger partial charge in [0.05, 0.1) is 0 Å². The Morgan fingerprint density at radius 2 is 2.06 bits per heavy atom. The highest BCUT2D eigenvalue weighted by molar-refractivity contribution is 6.29. The van der Waals surface area contributed by atoms with Gasteiger partial charge < -0.3 is 5.32 Å². The number of hydrogen-bond donors (Lipinski definition) is 1. The number of hydrogen-bond acceptors (Lipinski definition) is 2. The maximum absolute atomic E-state index is 5.77. The van der Waals surface area contributed by atoms with Crippen LogP contribution in [0.15, 0.2) is 18.3 Å². The van der Waals surface area contributed by atoms with Crippen LogP contribution in [0.1, 0.15) is 30.7 Å². The molecule has 0 aromatic carbocycles. The highest BCUT2D eigenvalue weighted by atomic mass is 35.5. The first-order valence-corrected chi connectivity index (χ1v) is 5.58. The molecule has 0 aliphatic carbocycles. The fourth-order valence-electron chi connectivity index (χ4n) is 2.80. The van der Waals surface area contributed by atoms with Crippen molar-refractivity contribution in [3.05, 3.63) is 29.0 Å². The topological polar surface area (TPSA) is 24.9 Å². The second kappa shape index (κ2) is 5.54. The molecule has 0 radical (unpaired) electrons. The quantitative estimate of drug-likeness (QED) is 0.800. The minimum atomic E-state index is 0. The summed E-state index contributed by atoms with van der Waals surface area (Å²) in [6, 6.07) is 5.44. The fraction of sp³-hybridized carbons (Fsp3) is 0.545. The highest BCUT2D eigenvalue weighted by Gasteiger charge is 2.39. The summed E-state index contributed by atoms with van der Waals surface area (Å²) in [5.74, 6) is 0.665. The zero-order valence-electron chi connectivity index (χ0n) is 8.73. The molecule has 0 spiro atoms. The molecule has 2 bridgehead atoms. The van der Waals surface area contributed by atoms with Crippen molar-refractivity contribution >= 4 is 36.4 Å². The van der Waals surface area contributed by atoms with Crippen LogP contribution in [0.3, 0.4) is 0 Å². The van der Waals surface area contributed by atoms with Crippen molar-refractivity contribution < 1.29 is 0 Å². The summed E-state index contributed by atoms with van der Waals surface area (Å²) in [7, 11) is 0. The third kappa shape index (κ3) is 2.45. The summed E-state index contributed by atoms with van der Waals surface area (Å²) in [6.45, 7) is 0. The number of nitrogens with one attached hydrogen (secondary N) is 1. The molecule has 2 aliphatic heterocycles. The van der Waals surface area contributed by atoms with Crippen molar-refractivity contribution in [2.24, 2.45) is 0 Å². The molecular weight excluding hydrogens is 266 g/mol. The van der Waals surface area contributed by atoms with E-state index in [1.807, 2.05) is 12.3 Å². The Morgan fingerprint density at radius 3 is 2.56 bits per heavy atom. The molecule has 3 atom stereocenters. The summed E-state index contributed by atoms with van der Waals surface area (Å²) < 4.78 is 0. The second-order valence-electron chi connectivity index (χ2n) is 4.30. The van der Waals surface area contributed by atoms with Gasteiger partial charge in [-0.05, 0) is 30.9 Å². The van der Waals surface area contributed by atoms with E-state index in [0.29, 0.717) is 17.1 Å². The predicted octanol–water partition coefficient (Wildman–Crippen LogP) is 3.19. The fourth-order valence-corrected chi connectivity index (χ4v) is 2.91. The van der Waals surface area contributed by atoms with E-state index in [1.54, 1.807) is 0 Å². The van der Waals surface area contributed by atoms with Crippen molar-refractivity contribution in [1.82, 2.24) is 10.3 Å². The minimum Gasteiger partial charge on any atom is -0.311 e. The summed E-state index contributed by atoms with van der Waals surface area (Å²) in [5.41, 5.74) is 1.34. The standard InChI is InChI=1S/C11H13ClN2.2ClH/c12-11-4-1-7(6-13-11)9-5-8-2-3-10(9)14-8;;/h1,4,6,8-10,14H,2-3,5H2;2*1H.